The van der Waals surface area contributed by atoms with Crippen LogP contribution >= 0.6 is 0 Å². The minimum absolute atomic E-state index is 0.00175. The molecule has 6 nitrogen and oxygen atoms in total. The molecule has 2 heterocycles. The van der Waals surface area contributed by atoms with Crippen molar-refractivity contribution in [3.8, 4) is 5.75 Å². The van der Waals surface area contributed by atoms with Crippen molar-refractivity contribution in [3.05, 3.63) is 71.8 Å². The van der Waals surface area contributed by atoms with Crippen LogP contribution in [0.1, 0.15) is 37.3 Å². The molecule has 0 aliphatic carbocycles. The molecule has 2 aliphatic rings. The molecule has 0 bridgehead atoms. The monoisotopic (exact) mass is 447 g/mol. The van der Waals surface area contributed by atoms with Crippen molar-refractivity contribution in [3.63, 3.8) is 0 Å². The molecule has 0 saturated carbocycles. The molecule has 0 spiro atoms. The van der Waals surface area contributed by atoms with E-state index >= 15 is 0 Å². The minimum atomic E-state index is -0.118. The maximum atomic E-state index is 12.9. The van der Waals surface area contributed by atoms with E-state index in [4.69, 9.17) is 4.74 Å². The molecule has 2 aromatic carbocycles. The molecule has 2 amide bonds. The summed E-state index contributed by atoms with van der Waals surface area (Å²) in [4.78, 5) is 27.8. The molecule has 1 fully saturated rings. The number of ether oxygens (including phenoxy) is 1. The molecule has 33 heavy (non-hydrogen) atoms. The van der Waals surface area contributed by atoms with Gasteiger partial charge in [-0.1, -0.05) is 55.5 Å². The van der Waals surface area contributed by atoms with Crippen LogP contribution < -0.4 is 15.4 Å². The van der Waals surface area contributed by atoms with Crippen LogP contribution in [0.3, 0.4) is 0 Å². The third-order valence-electron chi connectivity index (χ3n) is 6.47. The SMILES string of the molecule is CCc1ccccc1NC(=O)CN1CCC[C@H]2NC(=O)COc3ccccc3C/C=C/C[C@H]21. The lowest BCUT2D eigenvalue weighted by Gasteiger charge is -2.41. The molecule has 4 rings (SSSR count). The zero-order chi connectivity index (χ0) is 23.0. The summed E-state index contributed by atoms with van der Waals surface area (Å²) in [7, 11) is 0. The second-order valence-corrected chi connectivity index (χ2v) is 8.72. The number of anilines is 1. The summed E-state index contributed by atoms with van der Waals surface area (Å²) in [6.07, 6.45) is 8.58. The molecule has 0 unspecified atom stereocenters. The van der Waals surface area contributed by atoms with Gasteiger partial charge in [0.05, 0.1) is 6.54 Å². The Morgan fingerprint density at radius 2 is 1.97 bits per heavy atom. The van der Waals surface area contributed by atoms with E-state index < -0.39 is 0 Å². The number of likely N-dealkylation sites (tertiary alicyclic amines) is 1. The number of benzene rings is 2. The fourth-order valence-electron chi connectivity index (χ4n) is 4.78. The topological polar surface area (TPSA) is 70.7 Å². The van der Waals surface area contributed by atoms with Gasteiger partial charge in [-0.05, 0) is 61.9 Å². The average molecular weight is 448 g/mol. The fourth-order valence-corrected chi connectivity index (χ4v) is 4.78. The first kappa shape index (κ1) is 23.1. The number of allylic oxidation sites excluding steroid dienone is 1. The highest BCUT2D eigenvalue weighted by Gasteiger charge is 2.33. The van der Waals surface area contributed by atoms with Crippen molar-refractivity contribution in [2.24, 2.45) is 0 Å². The lowest BCUT2D eigenvalue weighted by Crippen LogP contribution is -2.57. The van der Waals surface area contributed by atoms with Gasteiger partial charge in [-0.25, -0.2) is 0 Å². The van der Waals surface area contributed by atoms with Crippen molar-refractivity contribution < 1.29 is 14.3 Å². The lowest BCUT2D eigenvalue weighted by molar-refractivity contribution is -0.124. The van der Waals surface area contributed by atoms with E-state index in [9.17, 15) is 9.59 Å². The predicted molar refractivity (Wildman–Crippen MR) is 130 cm³/mol. The number of para-hydroxylation sites is 2. The Kier molecular flexibility index (Phi) is 7.79. The van der Waals surface area contributed by atoms with Gasteiger partial charge >= 0.3 is 0 Å². The van der Waals surface area contributed by atoms with Gasteiger partial charge in [-0.15, -0.1) is 0 Å². The van der Waals surface area contributed by atoms with Gasteiger partial charge < -0.3 is 15.4 Å². The Balaban J connectivity index is 1.47. The van der Waals surface area contributed by atoms with Crippen LogP contribution in [0, 0.1) is 0 Å². The summed E-state index contributed by atoms with van der Waals surface area (Å²) < 4.78 is 5.81. The third-order valence-corrected chi connectivity index (χ3v) is 6.47. The summed E-state index contributed by atoms with van der Waals surface area (Å²) in [6, 6.07) is 15.8. The summed E-state index contributed by atoms with van der Waals surface area (Å²) in [5.41, 5.74) is 3.07. The van der Waals surface area contributed by atoms with Crippen LogP contribution in [0.5, 0.6) is 5.75 Å². The van der Waals surface area contributed by atoms with E-state index in [1.807, 2.05) is 48.5 Å². The summed E-state index contributed by atoms with van der Waals surface area (Å²) in [6.45, 7) is 3.23. The number of carbonyl (C=O) groups is 2. The van der Waals surface area contributed by atoms with Crippen LogP contribution in [0.4, 0.5) is 5.69 Å². The number of hydrogen-bond acceptors (Lipinski definition) is 4. The maximum absolute atomic E-state index is 12.9. The van der Waals surface area contributed by atoms with E-state index in [1.54, 1.807) is 0 Å². The van der Waals surface area contributed by atoms with Crippen LogP contribution in [0.25, 0.3) is 0 Å². The normalized spacial score (nSPS) is 22.4. The predicted octanol–water partition coefficient (Wildman–Crippen LogP) is 3.72. The molecule has 0 radical (unpaired) electrons. The van der Waals surface area contributed by atoms with Gasteiger partial charge in [0.1, 0.15) is 5.75 Å². The largest absolute Gasteiger partial charge is 0.483 e. The molecule has 1 saturated heterocycles. The van der Waals surface area contributed by atoms with E-state index in [0.29, 0.717) is 6.54 Å². The zero-order valence-corrected chi connectivity index (χ0v) is 19.3. The second kappa shape index (κ2) is 11.1. The quantitative estimate of drug-likeness (QED) is 0.701. The molecule has 0 aromatic heterocycles. The van der Waals surface area contributed by atoms with Gasteiger partial charge in [0, 0.05) is 17.8 Å². The van der Waals surface area contributed by atoms with Crippen molar-refractivity contribution in [1.29, 1.82) is 0 Å². The number of carbonyl (C=O) groups excluding carboxylic acids is 2. The molecule has 6 heteroatoms. The number of hydrogen-bond donors (Lipinski definition) is 2. The molecule has 2 aromatic rings. The highest BCUT2D eigenvalue weighted by molar-refractivity contribution is 5.93. The van der Waals surface area contributed by atoms with Crippen molar-refractivity contribution in [2.45, 2.75) is 51.1 Å². The Labute approximate surface area is 196 Å². The summed E-state index contributed by atoms with van der Waals surface area (Å²) in [5, 5.41) is 6.25. The highest BCUT2D eigenvalue weighted by Crippen LogP contribution is 2.24. The standard InChI is InChI=1S/C27H33N3O3/c1-2-20-10-3-6-13-22(20)28-26(31)18-30-17-9-14-23-24(30)15-7-4-11-21-12-5-8-16-25(21)33-19-27(32)29-23/h3-8,10,12-13,16,23-24H,2,9,11,14-15,17-19H2,1H3,(H,28,31)(H,29,32)/b7-4+/t23-,24-/m1/s1. The van der Waals surface area contributed by atoms with Crippen molar-refractivity contribution >= 4 is 17.5 Å². The lowest BCUT2D eigenvalue weighted by atomic mass is 9.92. The number of piperidine rings is 1. The third kappa shape index (κ3) is 6.02. The molecule has 2 N–H and O–H groups in total. The van der Waals surface area contributed by atoms with E-state index in [2.05, 4.69) is 34.6 Å². The second-order valence-electron chi connectivity index (χ2n) is 8.72. The molecule has 2 aliphatic heterocycles. The number of nitrogens with zero attached hydrogens (tertiary/aromatic N) is 1. The number of aryl methyl sites for hydroxylation is 1. The Morgan fingerprint density at radius 1 is 1.15 bits per heavy atom. The Morgan fingerprint density at radius 3 is 2.85 bits per heavy atom. The van der Waals surface area contributed by atoms with Gasteiger partial charge in [-0.2, -0.15) is 0 Å². The highest BCUT2D eigenvalue weighted by atomic mass is 16.5. The molecular weight excluding hydrogens is 414 g/mol. The average Bonchev–Trinajstić information content (AvgIpc) is 2.82. The van der Waals surface area contributed by atoms with Gasteiger partial charge in [0.25, 0.3) is 5.91 Å². The van der Waals surface area contributed by atoms with E-state index in [0.717, 1.165) is 61.2 Å². The first-order valence-electron chi connectivity index (χ1n) is 11.9. The van der Waals surface area contributed by atoms with Gasteiger partial charge in [0.2, 0.25) is 5.91 Å². The number of nitrogens with one attached hydrogen (secondary N) is 2. The fraction of sp³-hybridized carbons (Fsp3) is 0.407. The van der Waals surface area contributed by atoms with Crippen molar-refractivity contribution in [2.75, 3.05) is 25.0 Å². The summed E-state index contributed by atoms with van der Waals surface area (Å²) >= 11 is 0. The molecule has 2 atom stereocenters. The van der Waals surface area contributed by atoms with E-state index in [-0.39, 0.29) is 30.5 Å². The van der Waals surface area contributed by atoms with Gasteiger partial charge in [0.15, 0.2) is 6.61 Å². The zero-order valence-electron chi connectivity index (χ0n) is 19.3. The molecular formula is C27H33N3O3. The Hall–Kier alpha value is -3.12. The number of fused-ring (bicyclic) bond motifs is 2. The van der Waals surface area contributed by atoms with Gasteiger partial charge in [-0.3, -0.25) is 14.5 Å². The van der Waals surface area contributed by atoms with Crippen LogP contribution in [-0.2, 0) is 22.4 Å². The maximum Gasteiger partial charge on any atom is 0.258 e. The smallest absolute Gasteiger partial charge is 0.258 e. The summed E-state index contributed by atoms with van der Waals surface area (Å²) in [5.74, 6) is 0.617. The number of rotatable bonds is 4. The van der Waals surface area contributed by atoms with Crippen LogP contribution in [0.15, 0.2) is 60.7 Å². The van der Waals surface area contributed by atoms with Crippen LogP contribution in [-0.4, -0.2) is 48.5 Å². The first-order valence-corrected chi connectivity index (χ1v) is 11.9. The first-order chi connectivity index (χ1) is 16.1. The number of amides is 2. The molecule has 174 valence electrons. The minimum Gasteiger partial charge on any atom is -0.483 e. The Bertz CT molecular complexity index is 1000. The van der Waals surface area contributed by atoms with E-state index in [1.165, 1.54) is 0 Å². The van der Waals surface area contributed by atoms with Crippen LogP contribution in [0.2, 0.25) is 0 Å². The van der Waals surface area contributed by atoms with Crippen molar-refractivity contribution in [1.82, 2.24) is 10.2 Å².